The molecule has 3 aromatic carbocycles. The molecule has 0 amide bonds. The molecule has 1 aliphatic rings. The summed E-state index contributed by atoms with van der Waals surface area (Å²) < 4.78 is 2.36. The van der Waals surface area contributed by atoms with Gasteiger partial charge in [0.2, 0.25) is 0 Å². The average Bonchev–Trinajstić information content (AvgIpc) is 2.94. The van der Waals surface area contributed by atoms with Crippen LogP contribution in [0.2, 0.25) is 0 Å². The number of halogens is 2. The Bertz CT molecular complexity index is 867. The van der Waals surface area contributed by atoms with Gasteiger partial charge in [-0.25, -0.2) is 0 Å². The van der Waals surface area contributed by atoms with Crippen molar-refractivity contribution in [3.05, 3.63) is 91.9 Å². The largest absolute Gasteiger partial charge is 0.0622 e. The lowest BCUT2D eigenvalue weighted by Gasteiger charge is -2.13. The van der Waals surface area contributed by atoms with Crippen LogP contribution in [0.5, 0.6) is 0 Å². The zero-order chi connectivity index (χ0) is 15.8. The van der Waals surface area contributed by atoms with Crippen molar-refractivity contribution >= 4 is 31.9 Å². The lowest BCUT2D eigenvalue weighted by molar-refractivity contribution is 0.936. The van der Waals surface area contributed by atoms with Gasteiger partial charge >= 0.3 is 0 Å². The third-order valence-electron chi connectivity index (χ3n) is 4.62. The van der Waals surface area contributed by atoms with Gasteiger partial charge in [-0.2, -0.15) is 0 Å². The Balaban J connectivity index is 1.74. The molecule has 2 heteroatoms. The van der Waals surface area contributed by atoms with E-state index in [0.717, 1.165) is 23.7 Å². The normalized spacial score (nSPS) is 12.1. The molecule has 0 unspecified atom stereocenters. The van der Waals surface area contributed by atoms with Crippen LogP contribution in [0.15, 0.2) is 69.6 Å². The predicted octanol–water partition coefficient (Wildman–Crippen LogP) is 6.57. The SMILES string of the molecule is Brc1cc2c(c(CCc3ccccc3)c1Br)Cc1ccccc1-2. The van der Waals surface area contributed by atoms with Crippen LogP contribution in [0, 0.1) is 0 Å². The number of hydrogen-bond acceptors (Lipinski definition) is 0. The van der Waals surface area contributed by atoms with E-state index >= 15 is 0 Å². The molecule has 0 radical (unpaired) electrons. The standard InChI is InChI=1S/C21H16Br2/c22-20-13-19-16-9-5-4-8-15(16)12-18(19)17(21(20)23)11-10-14-6-2-1-3-7-14/h1-9,13H,10-12H2. The molecule has 3 aromatic rings. The summed E-state index contributed by atoms with van der Waals surface area (Å²) in [5.41, 5.74) is 8.53. The highest BCUT2D eigenvalue weighted by molar-refractivity contribution is 9.13. The maximum atomic E-state index is 3.81. The van der Waals surface area contributed by atoms with E-state index in [9.17, 15) is 0 Å². The smallest absolute Gasteiger partial charge is 0.0352 e. The number of hydrogen-bond donors (Lipinski definition) is 0. The molecule has 1 aliphatic carbocycles. The van der Waals surface area contributed by atoms with Crippen LogP contribution in [0.3, 0.4) is 0 Å². The van der Waals surface area contributed by atoms with E-state index < -0.39 is 0 Å². The topological polar surface area (TPSA) is 0 Å². The molecular weight excluding hydrogens is 412 g/mol. The quantitative estimate of drug-likeness (QED) is 0.347. The Morgan fingerprint density at radius 2 is 1.52 bits per heavy atom. The predicted molar refractivity (Wildman–Crippen MR) is 104 cm³/mol. The van der Waals surface area contributed by atoms with Crippen LogP contribution in [0.4, 0.5) is 0 Å². The minimum atomic E-state index is 1.04. The lowest BCUT2D eigenvalue weighted by atomic mass is 9.96. The van der Waals surface area contributed by atoms with Crippen LogP contribution in [-0.2, 0) is 19.3 Å². The second-order valence-electron chi connectivity index (χ2n) is 6.00. The minimum absolute atomic E-state index is 1.04. The number of aryl methyl sites for hydroxylation is 1. The molecule has 0 aromatic heterocycles. The van der Waals surface area contributed by atoms with E-state index in [1.54, 1.807) is 0 Å². The first-order chi connectivity index (χ1) is 11.2. The Morgan fingerprint density at radius 1 is 0.783 bits per heavy atom. The van der Waals surface area contributed by atoms with E-state index in [0.29, 0.717) is 0 Å². The van der Waals surface area contributed by atoms with Crippen molar-refractivity contribution in [1.82, 2.24) is 0 Å². The summed E-state index contributed by atoms with van der Waals surface area (Å²) in [6.07, 6.45) is 3.17. The highest BCUT2D eigenvalue weighted by Gasteiger charge is 2.23. The van der Waals surface area contributed by atoms with Gasteiger partial charge in [-0.05, 0) is 90.6 Å². The Hall–Kier alpha value is -1.38. The van der Waals surface area contributed by atoms with Crippen LogP contribution in [0.25, 0.3) is 11.1 Å². The monoisotopic (exact) mass is 426 g/mol. The third kappa shape index (κ3) is 2.79. The van der Waals surface area contributed by atoms with Crippen LogP contribution in [0.1, 0.15) is 22.3 Å². The Kier molecular flexibility index (Phi) is 4.13. The third-order valence-corrected chi connectivity index (χ3v) is 6.68. The van der Waals surface area contributed by atoms with E-state index in [-0.39, 0.29) is 0 Å². The van der Waals surface area contributed by atoms with E-state index in [1.807, 2.05) is 0 Å². The van der Waals surface area contributed by atoms with Crippen LogP contribution in [-0.4, -0.2) is 0 Å². The molecule has 114 valence electrons. The molecule has 0 saturated carbocycles. The molecule has 0 spiro atoms. The molecule has 0 fully saturated rings. The Morgan fingerprint density at radius 3 is 2.35 bits per heavy atom. The summed E-state index contributed by atoms with van der Waals surface area (Å²) in [6, 6.07) is 21.7. The lowest BCUT2D eigenvalue weighted by Crippen LogP contribution is -1.99. The minimum Gasteiger partial charge on any atom is -0.0622 e. The highest BCUT2D eigenvalue weighted by atomic mass is 79.9. The van der Waals surface area contributed by atoms with Gasteiger partial charge < -0.3 is 0 Å². The maximum absolute atomic E-state index is 3.81. The van der Waals surface area contributed by atoms with Crippen LogP contribution >= 0.6 is 31.9 Å². The van der Waals surface area contributed by atoms with E-state index in [2.05, 4.69) is 92.5 Å². The summed E-state index contributed by atoms with van der Waals surface area (Å²) in [5.74, 6) is 0. The van der Waals surface area contributed by atoms with E-state index in [4.69, 9.17) is 0 Å². The summed E-state index contributed by atoms with van der Waals surface area (Å²) in [7, 11) is 0. The van der Waals surface area contributed by atoms with Gasteiger partial charge in [0.25, 0.3) is 0 Å². The summed E-state index contributed by atoms with van der Waals surface area (Å²) in [6.45, 7) is 0. The summed E-state index contributed by atoms with van der Waals surface area (Å²) >= 11 is 7.54. The molecule has 0 N–H and O–H groups in total. The van der Waals surface area contributed by atoms with Crippen molar-refractivity contribution in [1.29, 1.82) is 0 Å². The van der Waals surface area contributed by atoms with Gasteiger partial charge in [0.1, 0.15) is 0 Å². The molecule has 0 saturated heterocycles. The molecule has 0 nitrogen and oxygen atoms in total. The fourth-order valence-electron chi connectivity index (χ4n) is 3.46. The molecule has 0 heterocycles. The van der Waals surface area contributed by atoms with Gasteiger partial charge in [0.15, 0.2) is 0 Å². The zero-order valence-electron chi connectivity index (χ0n) is 12.7. The first kappa shape index (κ1) is 15.2. The van der Waals surface area contributed by atoms with Crippen molar-refractivity contribution in [3.8, 4) is 11.1 Å². The molecule has 23 heavy (non-hydrogen) atoms. The molecule has 0 atom stereocenters. The molecule has 4 rings (SSSR count). The highest BCUT2D eigenvalue weighted by Crippen LogP contribution is 2.44. The summed E-state index contributed by atoms with van der Waals surface area (Å²) in [4.78, 5) is 0. The summed E-state index contributed by atoms with van der Waals surface area (Å²) in [5, 5.41) is 0. The molecular formula is C21H16Br2. The van der Waals surface area contributed by atoms with Gasteiger partial charge in [-0.3, -0.25) is 0 Å². The fourth-order valence-corrected chi connectivity index (χ4v) is 4.48. The van der Waals surface area contributed by atoms with Crippen molar-refractivity contribution in [2.24, 2.45) is 0 Å². The number of benzene rings is 3. The number of rotatable bonds is 3. The van der Waals surface area contributed by atoms with Crippen molar-refractivity contribution < 1.29 is 0 Å². The maximum Gasteiger partial charge on any atom is 0.0352 e. The first-order valence-electron chi connectivity index (χ1n) is 7.86. The second kappa shape index (κ2) is 6.26. The van der Waals surface area contributed by atoms with Gasteiger partial charge in [-0.15, -0.1) is 0 Å². The van der Waals surface area contributed by atoms with Crippen molar-refractivity contribution in [2.75, 3.05) is 0 Å². The fraction of sp³-hybridized carbons (Fsp3) is 0.143. The van der Waals surface area contributed by atoms with Gasteiger partial charge in [-0.1, -0.05) is 54.6 Å². The molecule has 0 aliphatic heterocycles. The first-order valence-corrected chi connectivity index (χ1v) is 9.44. The second-order valence-corrected chi connectivity index (χ2v) is 7.64. The molecule has 0 bridgehead atoms. The van der Waals surface area contributed by atoms with E-state index in [1.165, 1.54) is 37.9 Å². The zero-order valence-corrected chi connectivity index (χ0v) is 15.8. The average molecular weight is 428 g/mol. The number of fused-ring (bicyclic) bond motifs is 3. The van der Waals surface area contributed by atoms with Crippen molar-refractivity contribution in [3.63, 3.8) is 0 Å². The Labute approximate surface area is 153 Å². The van der Waals surface area contributed by atoms with Gasteiger partial charge in [0, 0.05) is 8.95 Å². The van der Waals surface area contributed by atoms with Crippen molar-refractivity contribution in [2.45, 2.75) is 19.3 Å². The van der Waals surface area contributed by atoms with Gasteiger partial charge in [0.05, 0.1) is 0 Å². The van der Waals surface area contributed by atoms with Crippen LogP contribution < -0.4 is 0 Å².